The van der Waals surface area contributed by atoms with Crippen LogP contribution in [0.1, 0.15) is 11.1 Å². The number of pyridine rings is 1. The molecule has 20 heavy (non-hydrogen) atoms. The summed E-state index contributed by atoms with van der Waals surface area (Å²) in [7, 11) is 1.66. The number of ether oxygens (including phenoxy) is 1. The molecule has 0 aliphatic heterocycles. The quantitative estimate of drug-likeness (QED) is 0.847. The number of aryl methyl sites for hydroxylation is 1. The predicted molar refractivity (Wildman–Crippen MR) is 85.0 cm³/mol. The molecule has 0 aliphatic carbocycles. The van der Waals surface area contributed by atoms with Crippen LogP contribution in [0, 0.1) is 6.92 Å². The molecule has 2 N–H and O–H groups in total. The number of hydrogen-bond donors (Lipinski definition) is 2. The minimum atomic E-state index is 0.540. The second-order valence-corrected chi connectivity index (χ2v) is 4.70. The van der Waals surface area contributed by atoms with Crippen molar-refractivity contribution in [1.82, 2.24) is 10.3 Å². The van der Waals surface area contributed by atoms with Crippen molar-refractivity contribution in [2.75, 3.05) is 12.4 Å². The molecule has 1 heterocycles. The van der Waals surface area contributed by atoms with Crippen molar-refractivity contribution in [3.8, 4) is 5.75 Å². The van der Waals surface area contributed by atoms with E-state index in [0.717, 1.165) is 22.7 Å². The lowest BCUT2D eigenvalue weighted by Gasteiger charge is -2.13. The van der Waals surface area contributed by atoms with Crippen LogP contribution in [-0.4, -0.2) is 17.2 Å². The molecule has 5 heteroatoms. The van der Waals surface area contributed by atoms with E-state index in [4.69, 9.17) is 17.0 Å². The van der Waals surface area contributed by atoms with Crippen molar-refractivity contribution in [2.24, 2.45) is 0 Å². The number of para-hydroxylation sites is 1. The highest BCUT2D eigenvalue weighted by Crippen LogP contribution is 2.16. The van der Waals surface area contributed by atoms with Crippen LogP contribution in [0.4, 0.5) is 5.82 Å². The normalized spacial score (nSPS) is 9.90. The molecule has 1 aromatic carbocycles. The average molecular weight is 287 g/mol. The van der Waals surface area contributed by atoms with Gasteiger partial charge in [0.15, 0.2) is 5.11 Å². The number of benzene rings is 1. The maximum Gasteiger partial charge on any atom is 0.172 e. The van der Waals surface area contributed by atoms with Crippen molar-refractivity contribution in [3.63, 3.8) is 0 Å². The van der Waals surface area contributed by atoms with Gasteiger partial charge in [-0.3, -0.25) is 0 Å². The van der Waals surface area contributed by atoms with Crippen molar-refractivity contribution in [2.45, 2.75) is 13.5 Å². The fourth-order valence-electron chi connectivity index (χ4n) is 1.79. The SMILES string of the molecule is COc1ccccc1CNC(=S)Nc1ncccc1C. The number of aromatic nitrogens is 1. The van der Waals surface area contributed by atoms with Crippen molar-refractivity contribution in [3.05, 3.63) is 53.7 Å². The van der Waals surface area contributed by atoms with Crippen LogP contribution in [0.15, 0.2) is 42.6 Å². The largest absolute Gasteiger partial charge is 0.496 e. The minimum absolute atomic E-state index is 0.540. The van der Waals surface area contributed by atoms with Gasteiger partial charge >= 0.3 is 0 Å². The second kappa shape index (κ2) is 6.86. The van der Waals surface area contributed by atoms with Gasteiger partial charge in [0.1, 0.15) is 11.6 Å². The highest BCUT2D eigenvalue weighted by molar-refractivity contribution is 7.80. The molecule has 0 unspecified atom stereocenters. The average Bonchev–Trinajstić information content (AvgIpc) is 2.48. The Morgan fingerprint density at radius 3 is 2.80 bits per heavy atom. The Kier molecular flexibility index (Phi) is 4.90. The van der Waals surface area contributed by atoms with Gasteiger partial charge in [-0.2, -0.15) is 0 Å². The molecule has 2 aromatic rings. The van der Waals surface area contributed by atoms with E-state index in [9.17, 15) is 0 Å². The monoisotopic (exact) mass is 287 g/mol. The number of methoxy groups -OCH3 is 1. The molecule has 0 fully saturated rings. The molecule has 2 rings (SSSR count). The summed E-state index contributed by atoms with van der Waals surface area (Å²) in [6, 6.07) is 11.7. The summed E-state index contributed by atoms with van der Waals surface area (Å²) in [6.45, 7) is 2.58. The van der Waals surface area contributed by atoms with Crippen LogP contribution in [0.25, 0.3) is 0 Å². The van der Waals surface area contributed by atoms with E-state index < -0.39 is 0 Å². The first-order valence-corrected chi connectivity index (χ1v) is 6.70. The van der Waals surface area contributed by atoms with E-state index in [-0.39, 0.29) is 0 Å². The highest BCUT2D eigenvalue weighted by atomic mass is 32.1. The lowest BCUT2D eigenvalue weighted by Crippen LogP contribution is -2.28. The lowest BCUT2D eigenvalue weighted by molar-refractivity contribution is 0.409. The van der Waals surface area contributed by atoms with Crippen molar-refractivity contribution >= 4 is 23.1 Å². The van der Waals surface area contributed by atoms with Gasteiger partial charge in [-0.25, -0.2) is 4.98 Å². The van der Waals surface area contributed by atoms with Crippen LogP contribution in [0.2, 0.25) is 0 Å². The highest BCUT2D eigenvalue weighted by Gasteiger charge is 2.04. The number of nitrogens with one attached hydrogen (secondary N) is 2. The van der Waals surface area contributed by atoms with Gasteiger partial charge in [-0.1, -0.05) is 24.3 Å². The van der Waals surface area contributed by atoms with Crippen LogP contribution in [-0.2, 0) is 6.54 Å². The summed E-state index contributed by atoms with van der Waals surface area (Å²) in [5.74, 6) is 1.61. The van der Waals surface area contributed by atoms with Crippen LogP contribution in [0.5, 0.6) is 5.75 Å². The number of hydrogen-bond acceptors (Lipinski definition) is 3. The van der Waals surface area contributed by atoms with E-state index >= 15 is 0 Å². The minimum Gasteiger partial charge on any atom is -0.496 e. The molecule has 0 saturated carbocycles. The fraction of sp³-hybridized carbons (Fsp3) is 0.200. The van der Waals surface area contributed by atoms with Gasteiger partial charge in [0.2, 0.25) is 0 Å². The van der Waals surface area contributed by atoms with Gasteiger partial charge < -0.3 is 15.4 Å². The summed E-state index contributed by atoms with van der Waals surface area (Å²) in [6.07, 6.45) is 1.73. The summed E-state index contributed by atoms with van der Waals surface area (Å²) < 4.78 is 5.30. The van der Waals surface area contributed by atoms with Gasteiger partial charge in [0.05, 0.1) is 7.11 Å². The van der Waals surface area contributed by atoms with Crippen LogP contribution < -0.4 is 15.4 Å². The van der Waals surface area contributed by atoms with E-state index in [0.29, 0.717) is 11.7 Å². The van der Waals surface area contributed by atoms with Gasteiger partial charge in [0, 0.05) is 18.3 Å². The standard InChI is InChI=1S/C15H17N3OS/c1-11-6-5-9-16-14(11)18-15(20)17-10-12-7-3-4-8-13(12)19-2/h3-9H,10H2,1-2H3,(H2,16,17,18,20). The first-order valence-electron chi connectivity index (χ1n) is 6.29. The zero-order chi connectivity index (χ0) is 14.4. The zero-order valence-electron chi connectivity index (χ0n) is 11.5. The topological polar surface area (TPSA) is 46.2 Å². The number of thiocarbonyl (C=S) groups is 1. The first-order chi connectivity index (χ1) is 9.70. The van der Waals surface area contributed by atoms with Crippen molar-refractivity contribution < 1.29 is 4.74 Å². The van der Waals surface area contributed by atoms with Crippen LogP contribution in [0.3, 0.4) is 0 Å². The van der Waals surface area contributed by atoms with Gasteiger partial charge in [0.25, 0.3) is 0 Å². The molecule has 0 saturated heterocycles. The molecular formula is C15H17N3OS. The zero-order valence-corrected chi connectivity index (χ0v) is 12.3. The van der Waals surface area contributed by atoms with Crippen molar-refractivity contribution in [1.29, 1.82) is 0 Å². The molecule has 0 amide bonds. The van der Waals surface area contributed by atoms with Crippen LogP contribution >= 0.6 is 12.2 Å². The Labute approximate surface area is 124 Å². The molecule has 0 bridgehead atoms. The molecule has 0 radical (unpaired) electrons. The van der Waals surface area contributed by atoms with E-state index in [1.165, 1.54) is 0 Å². The van der Waals surface area contributed by atoms with E-state index in [2.05, 4.69) is 15.6 Å². The Hall–Kier alpha value is -2.14. The first kappa shape index (κ1) is 14.3. The second-order valence-electron chi connectivity index (χ2n) is 4.29. The Morgan fingerprint density at radius 1 is 1.25 bits per heavy atom. The molecular weight excluding hydrogens is 270 g/mol. The van der Waals surface area contributed by atoms with Gasteiger partial charge in [-0.15, -0.1) is 0 Å². The lowest BCUT2D eigenvalue weighted by atomic mass is 10.2. The predicted octanol–water partition coefficient (Wildman–Crippen LogP) is 2.89. The summed E-state index contributed by atoms with van der Waals surface area (Å²) in [5, 5.41) is 6.78. The van der Waals surface area contributed by atoms with E-state index in [1.807, 2.05) is 43.3 Å². The number of anilines is 1. The van der Waals surface area contributed by atoms with Gasteiger partial charge in [-0.05, 0) is 36.8 Å². The third-order valence-electron chi connectivity index (χ3n) is 2.87. The molecule has 0 atom stereocenters. The Bertz CT molecular complexity index is 601. The summed E-state index contributed by atoms with van der Waals surface area (Å²) >= 11 is 5.27. The molecule has 4 nitrogen and oxygen atoms in total. The Balaban J connectivity index is 1.94. The molecule has 1 aromatic heterocycles. The molecule has 0 aliphatic rings. The third kappa shape index (κ3) is 3.68. The fourth-order valence-corrected chi connectivity index (χ4v) is 1.96. The maximum absolute atomic E-state index is 5.30. The molecule has 0 spiro atoms. The smallest absolute Gasteiger partial charge is 0.172 e. The summed E-state index contributed by atoms with van der Waals surface area (Å²) in [5.41, 5.74) is 2.10. The maximum atomic E-state index is 5.30. The third-order valence-corrected chi connectivity index (χ3v) is 3.12. The molecule has 104 valence electrons. The summed E-state index contributed by atoms with van der Waals surface area (Å²) in [4.78, 5) is 4.24. The van der Waals surface area contributed by atoms with E-state index in [1.54, 1.807) is 13.3 Å². The Morgan fingerprint density at radius 2 is 2.05 bits per heavy atom. The number of rotatable bonds is 4. The number of nitrogens with zero attached hydrogens (tertiary/aromatic N) is 1.